The number of benzene rings is 6. The van der Waals surface area contributed by atoms with Crippen LogP contribution < -0.4 is 14.4 Å². The van der Waals surface area contributed by atoms with Crippen LogP contribution in [0, 0.1) is 0 Å². The summed E-state index contributed by atoms with van der Waals surface area (Å²) in [4.78, 5) is 12.8. The third-order valence-corrected chi connectivity index (χ3v) is 9.50. The zero-order chi connectivity index (χ0) is 33.3. The Labute approximate surface area is 288 Å². The van der Waals surface area contributed by atoms with Gasteiger partial charge in [0.15, 0.2) is 23.0 Å². The smallest absolute Gasteiger partial charge is 0.235 e. The van der Waals surface area contributed by atoms with Gasteiger partial charge in [-0.05, 0) is 53.6 Å². The number of nitrogens with zero attached hydrogens (tertiary/aromatic N) is 4. The van der Waals surface area contributed by atoms with Gasteiger partial charge < -0.3 is 9.47 Å². The molecule has 10 rings (SSSR count). The van der Waals surface area contributed by atoms with Gasteiger partial charge >= 0.3 is 0 Å². The zero-order valence-corrected chi connectivity index (χ0v) is 26.9. The summed E-state index contributed by atoms with van der Waals surface area (Å²) in [5, 5.41) is 2.95. The van der Waals surface area contributed by atoms with Gasteiger partial charge in [0.2, 0.25) is 5.95 Å². The first-order valence-electron chi connectivity index (χ1n) is 16.5. The van der Waals surface area contributed by atoms with E-state index >= 15 is 0 Å². The van der Waals surface area contributed by atoms with E-state index in [0.717, 1.165) is 83.7 Å². The van der Waals surface area contributed by atoms with Crippen LogP contribution in [-0.4, -0.2) is 14.5 Å². The second-order valence-corrected chi connectivity index (χ2v) is 12.3. The fourth-order valence-electron chi connectivity index (χ4n) is 7.32. The van der Waals surface area contributed by atoms with Crippen LogP contribution in [0.2, 0.25) is 0 Å². The quantitative estimate of drug-likeness (QED) is 0.175. The molecule has 236 valence electrons. The van der Waals surface area contributed by atoms with E-state index < -0.39 is 0 Å². The fourth-order valence-corrected chi connectivity index (χ4v) is 7.32. The molecule has 0 N–H and O–H groups in total. The average molecular weight is 645 g/mol. The molecule has 0 spiro atoms. The number of aromatic nitrogens is 3. The van der Waals surface area contributed by atoms with Gasteiger partial charge in [0.05, 0.1) is 28.1 Å². The largest absolute Gasteiger partial charge is 0.453 e. The fraction of sp³-hybridized carbons (Fsp3) is 0. The Hall–Kier alpha value is -6.92. The van der Waals surface area contributed by atoms with Crippen LogP contribution in [0.15, 0.2) is 159 Å². The van der Waals surface area contributed by atoms with Gasteiger partial charge in [-0.25, -0.2) is 9.97 Å². The first-order valence-corrected chi connectivity index (χ1v) is 16.5. The maximum absolute atomic E-state index is 6.95. The summed E-state index contributed by atoms with van der Waals surface area (Å²) in [5.41, 5.74) is 9.16. The predicted octanol–water partition coefficient (Wildman–Crippen LogP) is 11.8. The molecule has 6 nitrogen and oxygen atoms in total. The molecule has 0 atom stereocenters. The minimum Gasteiger partial charge on any atom is -0.453 e. The van der Waals surface area contributed by atoms with Crippen molar-refractivity contribution in [2.45, 2.75) is 0 Å². The summed E-state index contributed by atoms with van der Waals surface area (Å²) in [6.45, 7) is 8.02. The highest BCUT2D eigenvalue weighted by atomic mass is 16.5. The van der Waals surface area contributed by atoms with E-state index in [1.54, 1.807) is 6.08 Å². The topological polar surface area (TPSA) is 52.4 Å². The summed E-state index contributed by atoms with van der Waals surface area (Å²) in [7, 11) is 0. The molecule has 0 fully saturated rings. The van der Waals surface area contributed by atoms with Crippen LogP contribution >= 0.6 is 0 Å². The van der Waals surface area contributed by atoms with Crippen molar-refractivity contribution in [3.8, 4) is 40.2 Å². The molecule has 0 radical (unpaired) electrons. The van der Waals surface area contributed by atoms with Crippen molar-refractivity contribution in [3.63, 3.8) is 0 Å². The maximum Gasteiger partial charge on any atom is 0.235 e. The first-order chi connectivity index (χ1) is 24.7. The number of ether oxygens (including phenoxy) is 2. The molecule has 0 aliphatic carbocycles. The molecule has 6 aromatic carbocycles. The highest BCUT2D eigenvalue weighted by Crippen LogP contribution is 2.62. The number of allylic oxidation sites excluding steroid dienone is 4. The standard InChI is InChI=1S/C44H28N4O2/c1-3-14-27(4-2)29-23-24-30-32-26-39-42-43(50-38-22-13-11-20-35(38)47(42)34-19-10-12-21-37(34)49-39)41(32)48(36(30)25-29)44-45-33-18-9-8-17-31(33)40(46-44)28-15-6-5-7-16-28/h3-26H,1-2H2/b27-14+. The van der Waals surface area contributed by atoms with Gasteiger partial charge in [0, 0.05) is 21.7 Å². The Kier molecular flexibility index (Phi) is 6.08. The van der Waals surface area contributed by atoms with Gasteiger partial charge in [-0.1, -0.05) is 116 Å². The van der Waals surface area contributed by atoms with Crippen molar-refractivity contribution >= 4 is 55.3 Å². The van der Waals surface area contributed by atoms with Crippen LogP contribution in [0.25, 0.3) is 55.5 Å². The number of hydrogen-bond acceptors (Lipinski definition) is 5. The lowest BCUT2D eigenvalue weighted by Crippen LogP contribution is -2.20. The monoisotopic (exact) mass is 644 g/mol. The molecule has 0 unspecified atom stereocenters. The molecule has 4 heterocycles. The van der Waals surface area contributed by atoms with Crippen molar-refractivity contribution < 1.29 is 9.47 Å². The average Bonchev–Trinajstić information content (AvgIpc) is 3.50. The number of hydrogen-bond donors (Lipinski definition) is 0. The molecule has 0 saturated carbocycles. The summed E-state index contributed by atoms with van der Waals surface area (Å²) < 4.78 is 15.7. The second-order valence-electron chi connectivity index (χ2n) is 12.3. The zero-order valence-electron chi connectivity index (χ0n) is 26.9. The predicted molar refractivity (Wildman–Crippen MR) is 203 cm³/mol. The van der Waals surface area contributed by atoms with Crippen LogP contribution in [0.5, 0.6) is 23.0 Å². The van der Waals surface area contributed by atoms with Gasteiger partial charge in [-0.3, -0.25) is 9.47 Å². The van der Waals surface area contributed by atoms with Crippen molar-refractivity contribution in [2.75, 3.05) is 4.90 Å². The Bertz CT molecular complexity index is 2750. The van der Waals surface area contributed by atoms with Gasteiger partial charge in [0.1, 0.15) is 11.2 Å². The van der Waals surface area contributed by atoms with Crippen molar-refractivity contribution in [1.29, 1.82) is 0 Å². The summed E-state index contributed by atoms with van der Waals surface area (Å²) in [6.07, 6.45) is 5.59. The van der Waals surface area contributed by atoms with Gasteiger partial charge in [-0.15, -0.1) is 0 Å². The molecular formula is C44H28N4O2. The highest BCUT2D eigenvalue weighted by Gasteiger charge is 2.37. The van der Waals surface area contributed by atoms with Crippen molar-refractivity contribution in [1.82, 2.24) is 14.5 Å². The number of rotatable bonds is 5. The van der Waals surface area contributed by atoms with Crippen molar-refractivity contribution in [2.24, 2.45) is 0 Å². The molecule has 0 amide bonds. The molecule has 2 aliphatic rings. The minimum absolute atomic E-state index is 0.537. The number of fused-ring (bicyclic) bond motifs is 9. The van der Waals surface area contributed by atoms with E-state index in [1.165, 1.54) is 0 Å². The Morgan fingerprint density at radius 3 is 2.14 bits per heavy atom. The van der Waals surface area contributed by atoms with Gasteiger partial charge in [0.25, 0.3) is 0 Å². The lowest BCUT2D eigenvalue weighted by Gasteiger charge is -2.38. The molecular weight excluding hydrogens is 617 g/mol. The summed E-state index contributed by atoms with van der Waals surface area (Å²) in [5.74, 6) is 3.46. The molecule has 0 bridgehead atoms. The van der Waals surface area contributed by atoms with Crippen molar-refractivity contribution in [3.05, 3.63) is 164 Å². The van der Waals surface area contributed by atoms with E-state index in [0.29, 0.717) is 17.4 Å². The van der Waals surface area contributed by atoms with Crippen LogP contribution in [0.4, 0.5) is 17.1 Å². The third kappa shape index (κ3) is 4.02. The van der Waals surface area contributed by atoms with Gasteiger partial charge in [-0.2, -0.15) is 0 Å². The Balaban J connectivity index is 1.37. The summed E-state index contributed by atoms with van der Waals surface area (Å²) in [6, 6.07) is 43.2. The lowest BCUT2D eigenvalue weighted by molar-refractivity contribution is 0.449. The number of para-hydroxylation sites is 5. The molecule has 8 aromatic rings. The molecule has 50 heavy (non-hydrogen) atoms. The van der Waals surface area contributed by atoms with Crippen LogP contribution in [0.3, 0.4) is 0 Å². The van der Waals surface area contributed by atoms with Crippen LogP contribution in [-0.2, 0) is 0 Å². The molecule has 2 aliphatic heterocycles. The molecule has 0 saturated heterocycles. The number of anilines is 3. The maximum atomic E-state index is 6.95. The molecule has 6 heteroatoms. The SMILES string of the molecule is C=C/C=C(\C=C)c1ccc2c3cc4c5c(c3n(-c3nc(-c6ccccc6)c6ccccc6n3)c2c1)Oc1ccccc1N5c1ccccc1O4. The third-order valence-electron chi connectivity index (χ3n) is 9.50. The van der Waals surface area contributed by atoms with E-state index in [4.69, 9.17) is 19.4 Å². The lowest BCUT2D eigenvalue weighted by atomic mass is 10.0. The first kappa shape index (κ1) is 28.1. The van der Waals surface area contributed by atoms with E-state index in [1.807, 2.05) is 84.9 Å². The van der Waals surface area contributed by atoms with Crippen LogP contribution in [0.1, 0.15) is 5.56 Å². The minimum atomic E-state index is 0.537. The molecule has 2 aromatic heterocycles. The Morgan fingerprint density at radius 2 is 1.36 bits per heavy atom. The van der Waals surface area contributed by atoms with E-state index in [9.17, 15) is 0 Å². The van der Waals surface area contributed by atoms with E-state index in [2.05, 4.69) is 77.2 Å². The summed E-state index contributed by atoms with van der Waals surface area (Å²) >= 11 is 0. The normalized spacial score (nSPS) is 13.0. The second kappa shape index (κ2) is 10.8. The highest BCUT2D eigenvalue weighted by molar-refractivity contribution is 6.16. The van der Waals surface area contributed by atoms with E-state index in [-0.39, 0.29) is 0 Å². The Morgan fingerprint density at radius 1 is 0.640 bits per heavy atom.